The first-order valence-corrected chi connectivity index (χ1v) is 25.6. The van der Waals surface area contributed by atoms with Gasteiger partial charge in [0.15, 0.2) is 0 Å². The average Bonchev–Trinajstić information content (AvgIpc) is 4.04. The lowest BCUT2D eigenvalue weighted by atomic mass is 9.85. The fourth-order valence-corrected chi connectivity index (χ4v) is 10.8. The van der Waals surface area contributed by atoms with Gasteiger partial charge >= 0.3 is 13.3 Å². The Labute approximate surface area is 416 Å². The van der Waals surface area contributed by atoms with Gasteiger partial charge in [-0.15, -0.1) is 11.3 Å². The van der Waals surface area contributed by atoms with Crippen LogP contribution in [0.3, 0.4) is 0 Å². The summed E-state index contributed by atoms with van der Waals surface area (Å²) >= 11 is 0.929. The van der Waals surface area contributed by atoms with E-state index in [2.05, 4.69) is 27.8 Å². The van der Waals surface area contributed by atoms with Crippen molar-refractivity contribution >= 4 is 76.3 Å². The number of fused-ring (bicyclic) bond motifs is 2. The van der Waals surface area contributed by atoms with Crippen molar-refractivity contribution in [3.8, 4) is 11.8 Å². The van der Waals surface area contributed by atoms with E-state index in [0.717, 1.165) is 46.8 Å². The number of ether oxygens (including phenoxy) is 1. The summed E-state index contributed by atoms with van der Waals surface area (Å²) < 4.78 is 47.1. The van der Waals surface area contributed by atoms with E-state index in [9.17, 15) is 61.5 Å². The molecule has 5 heterocycles. The quantitative estimate of drug-likeness (QED) is 0.0760. The van der Waals surface area contributed by atoms with E-state index < -0.39 is 96.4 Å². The Balaban J connectivity index is 0.942. The molecule has 0 spiro atoms. The molecule has 378 valence electrons. The summed E-state index contributed by atoms with van der Waals surface area (Å²) in [7, 11) is -5.86. The monoisotopic (exact) mass is 1030 g/mol. The SMILES string of the molecule is CC(C)(C)[C@H](NC(=O)c1cc2cc(C(F)(F)P(=O)(O)O)ccc2s1)C(=O)N1C[C@@H](OCC(=O)NCC#Cc2ccc3c(c2)C(=O)N(C2CCC(=O)NC2=O)C3=O)C[C@H]1C(=O)N1CCCC(c2ccccc2)C1. The normalized spacial score (nSPS) is 21.0. The van der Waals surface area contributed by atoms with E-state index in [1.807, 2.05) is 30.3 Å². The molecular formula is C50H51F2N6O12PS. The summed E-state index contributed by atoms with van der Waals surface area (Å²) in [5, 5.41) is 7.71. The molecule has 18 nitrogen and oxygen atoms in total. The molecule has 5 atom stereocenters. The van der Waals surface area contributed by atoms with Crippen LogP contribution in [0, 0.1) is 17.3 Å². The number of carbonyl (C=O) groups is 8. The number of benzene rings is 3. The van der Waals surface area contributed by atoms with E-state index in [4.69, 9.17) is 4.74 Å². The minimum absolute atomic E-state index is 0.0115. The van der Waals surface area contributed by atoms with Gasteiger partial charge in [0.25, 0.3) is 17.7 Å². The van der Waals surface area contributed by atoms with Gasteiger partial charge < -0.3 is 35.0 Å². The molecule has 3 saturated heterocycles. The molecule has 0 aliphatic carbocycles. The highest BCUT2D eigenvalue weighted by Gasteiger charge is 2.51. The first-order chi connectivity index (χ1) is 34.0. The van der Waals surface area contributed by atoms with Crippen molar-refractivity contribution in [3.63, 3.8) is 0 Å². The van der Waals surface area contributed by atoms with Gasteiger partial charge in [-0.2, -0.15) is 8.78 Å². The Hall–Kier alpha value is -6.69. The predicted molar refractivity (Wildman–Crippen MR) is 256 cm³/mol. The zero-order valence-corrected chi connectivity index (χ0v) is 41.0. The van der Waals surface area contributed by atoms with Crippen molar-refractivity contribution in [1.82, 2.24) is 30.7 Å². The van der Waals surface area contributed by atoms with Crippen LogP contribution in [-0.2, 0) is 38.9 Å². The lowest BCUT2D eigenvalue weighted by Crippen LogP contribution is -2.58. The fourth-order valence-electron chi connectivity index (χ4n) is 9.39. The number of imide groups is 2. The van der Waals surface area contributed by atoms with Crippen LogP contribution >= 0.6 is 18.9 Å². The van der Waals surface area contributed by atoms with Crippen molar-refractivity contribution in [3.05, 3.63) is 105 Å². The standard InChI is InChI=1S/C50H51F2N6O12PS/c1-49(2,3)42(55-44(62)39-23-31-22-32(14-17-38(31)72-39)50(51,52)71(67,68)69)48(66)57-26-33(24-37(57)47(65)56-20-8-12-30(25-56)29-10-5-4-6-11-29)70-27-41(60)53-19-7-9-28-13-15-34-35(21-28)46(64)58(45(34)63)36-16-18-40(59)54-43(36)61/h4-6,10-11,13-15,17,21-23,30,33,36-37,42H,8,12,16,18-20,24-27H2,1-3H3,(H,53,60)(H,55,62)(H,54,59,61)(H2,67,68,69)/t30?,33-,36?,37-,42+/m0/s1. The topological polar surface area (TPSA) is 249 Å². The molecule has 8 amide bonds. The highest BCUT2D eigenvalue weighted by Crippen LogP contribution is 2.59. The maximum atomic E-state index is 14.8. The van der Waals surface area contributed by atoms with Gasteiger partial charge in [0.05, 0.1) is 28.7 Å². The molecule has 22 heteroatoms. The third-order valence-electron chi connectivity index (χ3n) is 13.2. The number of rotatable bonds is 12. The van der Waals surface area contributed by atoms with E-state index in [1.165, 1.54) is 35.2 Å². The van der Waals surface area contributed by atoms with E-state index >= 15 is 0 Å². The van der Waals surface area contributed by atoms with Crippen molar-refractivity contribution in [2.24, 2.45) is 5.41 Å². The van der Waals surface area contributed by atoms with Gasteiger partial charge in [-0.25, -0.2) is 0 Å². The van der Waals surface area contributed by atoms with Gasteiger partial charge in [-0.3, -0.25) is 53.1 Å². The molecule has 0 saturated carbocycles. The number of carbonyl (C=O) groups excluding carboxylic acids is 8. The Morgan fingerprint density at radius 1 is 0.944 bits per heavy atom. The smallest absolute Gasteiger partial charge is 0.366 e. The second-order valence-corrected chi connectivity index (χ2v) is 21.9. The third-order valence-corrected chi connectivity index (χ3v) is 15.3. The molecule has 4 aromatic rings. The number of piperidine rings is 2. The molecule has 3 aromatic carbocycles. The molecule has 5 N–H and O–H groups in total. The van der Waals surface area contributed by atoms with Crippen LogP contribution in [0.5, 0.6) is 0 Å². The summed E-state index contributed by atoms with van der Waals surface area (Å²) in [5.41, 5.74) is -4.76. The van der Waals surface area contributed by atoms with Gasteiger partial charge in [0.2, 0.25) is 29.5 Å². The van der Waals surface area contributed by atoms with Crippen LogP contribution in [0.1, 0.15) is 106 Å². The van der Waals surface area contributed by atoms with Gasteiger partial charge in [0, 0.05) is 54.2 Å². The Bertz CT molecular complexity index is 3000. The van der Waals surface area contributed by atoms with Crippen LogP contribution in [0.2, 0.25) is 0 Å². The van der Waals surface area contributed by atoms with Gasteiger partial charge in [-0.1, -0.05) is 69.0 Å². The third kappa shape index (κ3) is 10.7. The fraction of sp³-hybridized carbons (Fsp3) is 0.400. The molecule has 72 heavy (non-hydrogen) atoms. The summed E-state index contributed by atoms with van der Waals surface area (Å²) in [6.45, 7) is 5.31. The van der Waals surface area contributed by atoms with Crippen molar-refractivity contribution in [2.75, 3.05) is 32.8 Å². The maximum Gasteiger partial charge on any atom is 0.399 e. The lowest BCUT2D eigenvalue weighted by molar-refractivity contribution is -0.147. The highest BCUT2D eigenvalue weighted by molar-refractivity contribution is 7.52. The molecular weight excluding hydrogens is 978 g/mol. The Kier molecular flexibility index (Phi) is 14.7. The number of likely N-dealkylation sites (tertiary alicyclic amines) is 2. The number of hydrogen-bond acceptors (Lipinski definition) is 11. The summed E-state index contributed by atoms with van der Waals surface area (Å²) in [5.74, 6) is 0.929. The minimum Gasteiger partial charge on any atom is -0.366 e. The van der Waals surface area contributed by atoms with Crippen LogP contribution in [0.15, 0.2) is 72.8 Å². The number of nitrogens with one attached hydrogen (secondary N) is 3. The second kappa shape index (κ2) is 20.4. The number of nitrogens with zero attached hydrogens (tertiary/aromatic N) is 3. The molecule has 4 aliphatic rings. The number of alkyl halides is 2. The maximum absolute atomic E-state index is 14.8. The van der Waals surface area contributed by atoms with E-state index in [-0.39, 0.29) is 65.6 Å². The number of hydrogen-bond donors (Lipinski definition) is 5. The number of thiophene rings is 1. The number of amides is 8. The van der Waals surface area contributed by atoms with Gasteiger partial charge in [-0.05, 0) is 72.0 Å². The minimum atomic E-state index is -5.86. The predicted octanol–water partition coefficient (Wildman–Crippen LogP) is 4.23. The molecule has 0 bridgehead atoms. The summed E-state index contributed by atoms with van der Waals surface area (Å²) in [4.78, 5) is 129. The largest absolute Gasteiger partial charge is 0.399 e. The summed E-state index contributed by atoms with van der Waals surface area (Å²) in [6, 6.07) is 15.1. The van der Waals surface area contributed by atoms with Crippen LogP contribution in [-0.4, -0.2) is 129 Å². The van der Waals surface area contributed by atoms with Crippen LogP contribution in [0.4, 0.5) is 8.78 Å². The average molecular weight is 1030 g/mol. The molecule has 8 rings (SSSR count). The van der Waals surface area contributed by atoms with Crippen molar-refractivity contribution < 1.29 is 66.2 Å². The van der Waals surface area contributed by atoms with Crippen molar-refractivity contribution in [2.45, 2.75) is 88.7 Å². The first kappa shape index (κ1) is 51.7. The number of halogens is 2. The Morgan fingerprint density at radius 3 is 2.39 bits per heavy atom. The van der Waals surface area contributed by atoms with Crippen molar-refractivity contribution in [1.29, 1.82) is 0 Å². The zero-order valence-electron chi connectivity index (χ0n) is 39.3. The molecule has 0 radical (unpaired) electrons. The molecule has 3 fully saturated rings. The van der Waals surface area contributed by atoms with E-state index in [0.29, 0.717) is 23.4 Å². The van der Waals surface area contributed by atoms with Crippen LogP contribution < -0.4 is 16.0 Å². The summed E-state index contributed by atoms with van der Waals surface area (Å²) in [6.07, 6.45) is 0.812. The van der Waals surface area contributed by atoms with Crippen LogP contribution in [0.25, 0.3) is 10.1 Å². The Morgan fingerprint density at radius 2 is 1.68 bits per heavy atom. The lowest BCUT2D eigenvalue weighted by Gasteiger charge is -2.38. The zero-order chi connectivity index (χ0) is 51.9. The second-order valence-electron chi connectivity index (χ2n) is 19.2. The first-order valence-electron chi connectivity index (χ1n) is 23.2. The molecule has 1 aromatic heterocycles. The highest BCUT2D eigenvalue weighted by atomic mass is 32.1. The molecule has 4 aliphatic heterocycles. The van der Waals surface area contributed by atoms with Gasteiger partial charge in [0.1, 0.15) is 24.7 Å². The molecule has 2 unspecified atom stereocenters. The van der Waals surface area contributed by atoms with E-state index in [1.54, 1.807) is 25.7 Å².